The summed E-state index contributed by atoms with van der Waals surface area (Å²) in [4.78, 5) is 12.7. The fourth-order valence-electron chi connectivity index (χ4n) is 3.27. The molecule has 1 aliphatic heterocycles. The van der Waals surface area contributed by atoms with Crippen LogP contribution in [-0.4, -0.2) is 41.7 Å². The number of piperidine rings is 1. The monoisotopic (exact) mass is 331 g/mol. The molecule has 0 unspecified atom stereocenters. The summed E-state index contributed by atoms with van der Waals surface area (Å²) in [5, 5.41) is 2.06. The normalized spacial score (nSPS) is 19.1. The molecule has 0 amide bonds. The molecule has 0 radical (unpaired) electrons. The zero-order chi connectivity index (χ0) is 15.9. The summed E-state index contributed by atoms with van der Waals surface area (Å²) in [6.45, 7) is 4.23. The summed E-state index contributed by atoms with van der Waals surface area (Å²) in [5.74, 6) is 1.64. The van der Waals surface area contributed by atoms with Crippen molar-refractivity contribution >= 4 is 11.3 Å². The molecular weight excluding hydrogens is 306 g/mol. The maximum Gasteiger partial charge on any atom is 0.169 e. The van der Waals surface area contributed by atoms with Crippen molar-refractivity contribution in [1.29, 1.82) is 0 Å². The van der Waals surface area contributed by atoms with Crippen LogP contribution in [0.4, 0.5) is 0 Å². The number of likely N-dealkylation sites (tertiary alicyclic amines) is 1. The van der Waals surface area contributed by atoms with Crippen LogP contribution in [0.2, 0.25) is 0 Å². The van der Waals surface area contributed by atoms with Crippen LogP contribution in [0.5, 0.6) is 0 Å². The second-order valence-electron chi connectivity index (χ2n) is 6.27. The van der Waals surface area contributed by atoms with Gasteiger partial charge in [-0.2, -0.15) is 0 Å². The van der Waals surface area contributed by atoms with Gasteiger partial charge in [0.25, 0.3) is 0 Å². The Morgan fingerprint density at radius 2 is 2.22 bits per heavy atom. The van der Waals surface area contributed by atoms with Crippen molar-refractivity contribution in [2.75, 3.05) is 26.8 Å². The van der Waals surface area contributed by atoms with Gasteiger partial charge in [0.05, 0.1) is 4.88 Å². The minimum atomic E-state index is 0.810. The zero-order valence-corrected chi connectivity index (χ0v) is 14.6. The van der Waals surface area contributed by atoms with Crippen LogP contribution in [-0.2, 0) is 11.3 Å². The number of thiophene rings is 1. The molecule has 0 bridgehead atoms. The largest absolute Gasteiger partial charge is 0.385 e. The molecule has 1 aliphatic rings. The number of hydrogen-bond acceptors (Lipinski definition) is 5. The summed E-state index contributed by atoms with van der Waals surface area (Å²) in [6, 6.07) is 4.10. The molecule has 3 heterocycles. The number of rotatable bonds is 7. The van der Waals surface area contributed by atoms with Crippen LogP contribution in [0.3, 0.4) is 0 Å². The number of methoxy groups -OCH3 is 1. The van der Waals surface area contributed by atoms with Gasteiger partial charge in [-0.05, 0) is 49.6 Å². The van der Waals surface area contributed by atoms with Gasteiger partial charge < -0.3 is 4.74 Å². The maximum atomic E-state index is 5.17. The summed E-state index contributed by atoms with van der Waals surface area (Å²) in [6.07, 6.45) is 9.07. The van der Waals surface area contributed by atoms with Crippen molar-refractivity contribution in [1.82, 2.24) is 14.9 Å². The summed E-state index contributed by atoms with van der Waals surface area (Å²) < 4.78 is 5.17. The molecule has 1 atom stereocenters. The van der Waals surface area contributed by atoms with Gasteiger partial charge in [0.1, 0.15) is 0 Å². The van der Waals surface area contributed by atoms with E-state index in [2.05, 4.69) is 26.3 Å². The van der Waals surface area contributed by atoms with Gasteiger partial charge in [-0.1, -0.05) is 6.07 Å². The molecule has 0 saturated carbocycles. The molecule has 0 aromatic carbocycles. The first-order chi connectivity index (χ1) is 11.3. The third kappa shape index (κ3) is 4.83. The SMILES string of the molecule is COCCC[C@@H]1CCCN(Cc2cnc(-c3cccs3)nc2)C1. The molecule has 2 aromatic rings. The van der Waals surface area contributed by atoms with Gasteiger partial charge in [-0.3, -0.25) is 4.90 Å². The van der Waals surface area contributed by atoms with Gasteiger partial charge in [0, 0.05) is 44.8 Å². The van der Waals surface area contributed by atoms with E-state index >= 15 is 0 Å². The van der Waals surface area contributed by atoms with Gasteiger partial charge in [0.2, 0.25) is 0 Å². The molecule has 0 aliphatic carbocycles. The molecule has 4 nitrogen and oxygen atoms in total. The van der Waals surface area contributed by atoms with E-state index in [1.54, 1.807) is 18.4 Å². The topological polar surface area (TPSA) is 38.2 Å². The average Bonchev–Trinajstić information content (AvgIpc) is 3.11. The Balaban J connectivity index is 1.52. The molecule has 5 heteroatoms. The molecule has 0 N–H and O–H groups in total. The van der Waals surface area contributed by atoms with E-state index in [0.717, 1.165) is 29.8 Å². The fourth-order valence-corrected chi connectivity index (χ4v) is 3.95. The van der Waals surface area contributed by atoms with E-state index in [1.165, 1.54) is 44.3 Å². The molecule has 0 spiro atoms. The van der Waals surface area contributed by atoms with Crippen molar-refractivity contribution in [3.8, 4) is 10.7 Å². The van der Waals surface area contributed by atoms with E-state index in [4.69, 9.17) is 4.74 Å². The Morgan fingerprint density at radius 1 is 1.35 bits per heavy atom. The second-order valence-corrected chi connectivity index (χ2v) is 7.22. The van der Waals surface area contributed by atoms with Crippen LogP contribution < -0.4 is 0 Å². The van der Waals surface area contributed by atoms with E-state index in [-0.39, 0.29) is 0 Å². The number of aromatic nitrogens is 2. The molecule has 2 aromatic heterocycles. The van der Waals surface area contributed by atoms with Gasteiger partial charge in [-0.15, -0.1) is 11.3 Å². The Hall–Kier alpha value is -1.30. The van der Waals surface area contributed by atoms with Crippen LogP contribution in [0.25, 0.3) is 10.7 Å². The van der Waals surface area contributed by atoms with Gasteiger partial charge in [0.15, 0.2) is 5.82 Å². The molecule has 1 saturated heterocycles. The smallest absolute Gasteiger partial charge is 0.169 e. The second kappa shape index (κ2) is 8.52. The maximum absolute atomic E-state index is 5.17. The Labute approximate surface area is 142 Å². The van der Waals surface area contributed by atoms with Crippen molar-refractivity contribution in [3.63, 3.8) is 0 Å². The van der Waals surface area contributed by atoms with Crippen LogP contribution in [0.1, 0.15) is 31.2 Å². The lowest BCUT2D eigenvalue weighted by Gasteiger charge is -2.32. The van der Waals surface area contributed by atoms with Crippen LogP contribution in [0, 0.1) is 5.92 Å². The minimum absolute atomic E-state index is 0.810. The predicted octanol–water partition coefficient (Wildman–Crippen LogP) is 3.84. The summed E-state index contributed by atoms with van der Waals surface area (Å²) in [5.41, 5.74) is 1.21. The quantitative estimate of drug-likeness (QED) is 0.723. The van der Waals surface area contributed by atoms with Crippen molar-refractivity contribution in [3.05, 3.63) is 35.5 Å². The van der Waals surface area contributed by atoms with Crippen LogP contribution >= 0.6 is 11.3 Å². The first kappa shape index (κ1) is 16.6. The lowest BCUT2D eigenvalue weighted by atomic mass is 9.93. The van der Waals surface area contributed by atoms with Gasteiger partial charge in [-0.25, -0.2) is 9.97 Å². The van der Waals surface area contributed by atoms with E-state index in [1.807, 2.05) is 18.5 Å². The van der Waals surface area contributed by atoms with Crippen molar-refractivity contribution in [2.24, 2.45) is 5.92 Å². The lowest BCUT2D eigenvalue weighted by Crippen LogP contribution is -2.35. The lowest BCUT2D eigenvalue weighted by molar-refractivity contribution is 0.142. The van der Waals surface area contributed by atoms with E-state index in [9.17, 15) is 0 Å². The Kier molecular flexibility index (Phi) is 6.13. The van der Waals surface area contributed by atoms with Gasteiger partial charge >= 0.3 is 0 Å². The molecular formula is C18H25N3OS. The summed E-state index contributed by atoms with van der Waals surface area (Å²) >= 11 is 1.68. The fraction of sp³-hybridized carbons (Fsp3) is 0.556. The van der Waals surface area contributed by atoms with E-state index in [0.29, 0.717) is 0 Å². The van der Waals surface area contributed by atoms with Crippen molar-refractivity contribution in [2.45, 2.75) is 32.2 Å². The van der Waals surface area contributed by atoms with E-state index < -0.39 is 0 Å². The standard InChI is InChI=1S/C18H25N3OS/c1-22-9-3-6-15-5-2-8-21(13-15)14-16-11-19-18(20-12-16)17-7-4-10-23-17/h4,7,10-12,15H,2-3,5-6,8-9,13-14H2,1H3/t15-/m0/s1. The summed E-state index contributed by atoms with van der Waals surface area (Å²) in [7, 11) is 1.78. The number of ether oxygens (including phenoxy) is 1. The molecule has 1 fully saturated rings. The predicted molar refractivity (Wildman–Crippen MR) is 94.5 cm³/mol. The van der Waals surface area contributed by atoms with Crippen LogP contribution in [0.15, 0.2) is 29.9 Å². The zero-order valence-electron chi connectivity index (χ0n) is 13.8. The average molecular weight is 331 g/mol. The minimum Gasteiger partial charge on any atom is -0.385 e. The molecule has 23 heavy (non-hydrogen) atoms. The Morgan fingerprint density at radius 3 is 2.96 bits per heavy atom. The Bertz CT molecular complexity index is 570. The first-order valence-electron chi connectivity index (χ1n) is 8.41. The third-order valence-corrected chi connectivity index (χ3v) is 5.28. The highest BCUT2D eigenvalue weighted by atomic mass is 32.1. The highest BCUT2D eigenvalue weighted by Crippen LogP contribution is 2.23. The highest BCUT2D eigenvalue weighted by molar-refractivity contribution is 7.13. The molecule has 3 rings (SSSR count). The first-order valence-corrected chi connectivity index (χ1v) is 9.29. The van der Waals surface area contributed by atoms with Crippen molar-refractivity contribution < 1.29 is 4.74 Å². The number of hydrogen-bond donors (Lipinski definition) is 0. The molecule has 124 valence electrons. The number of nitrogens with zero attached hydrogens (tertiary/aromatic N) is 3. The highest BCUT2D eigenvalue weighted by Gasteiger charge is 2.19. The third-order valence-electron chi connectivity index (χ3n) is 4.42.